The monoisotopic (exact) mass is 887 g/mol. The molecule has 1 heterocycles. The third-order valence-electron chi connectivity index (χ3n) is 13.8. The van der Waals surface area contributed by atoms with Crippen molar-refractivity contribution in [3.05, 3.63) is 294 Å². The van der Waals surface area contributed by atoms with Gasteiger partial charge in [0.2, 0.25) is 0 Å². The SMILES string of the molecule is CNN.Cc1ccccc1.c1ccc(-c2ccc(Cc3cccc(-c4ccc5c(c4)C4(c6ccccc6N(c6ccccc6)c6ccccc64)c4c-5c5ccccc5c5ccccc45)c3)cc2)cc1. The topological polar surface area (TPSA) is 41.3 Å². The zero-order valence-electron chi connectivity index (χ0n) is 39.0. The van der Waals surface area contributed by atoms with Crippen molar-refractivity contribution in [3.8, 4) is 33.4 Å². The van der Waals surface area contributed by atoms with Crippen LogP contribution in [0.3, 0.4) is 0 Å². The summed E-state index contributed by atoms with van der Waals surface area (Å²) in [4.78, 5) is 2.47. The molecular weight excluding hydrogens is 835 g/mol. The van der Waals surface area contributed by atoms with Crippen molar-refractivity contribution >= 4 is 38.6 Å². The highest BCUT2D eigenvalue weighted by molar-refractivity contribution is 6.20. The van der Waals surface area contributed by atoms with Crippen molar-refractivity contribution in [1.82, 2.24) is 5.43 Å². The fourth-order valence-corrected chi connectivity index (χ4v) is 10.9. The van der Waals surface area contributed by atoms with E-state index in [-0.39, 0.29) is 0 Å². The van der Waals surface area contributed by atoms with E-state index >= 15 is 0 Å². The van der Waals surface area contributed by atoms with Gasteiger partial charge in [0.15, 0.2) is 0 Å². The number of nitrogens with one attached hydrogen (secondary N) is 1. The first kappa shape index (κ1) is 43.2. The number of nitrogens with two attached hydrogens (primary N) is 1. The Morgan fingerprint density at radius 3 is 1.51 bits per heavy atom. The number of nitrogens with zero attached hydrogens (tertiary/aromatic N) is 1. The van der Waals surface area contributed by atoms with Gasteiger partial charge in [0.1, 0.15) is 0 Å². The molecule has 0 radical (unpaired) electrons. The van der Waals surface area contributed by atoms with E-state index in [1.807, 2.05) is 18.2 Å². The second-order valence-electron chi connectivity index (χ2n) is 17.9. The highest BCUT2D eigenvalue weighted by atomic mass is 15.2. The van der Waals surface area contributed by atoms with Crippen LogP contribution in [-0.4, -0.2) is 7.05 Å². The fourth-order valence-electron chi connectivity index (χ4n) is 10.9. The molecule has 3 N–H and O–H groups in total. The molecule has 3 heteroatoms. The Kier molecular flexibility index (Phi) is 11.7. The van der Waals surface area contributed by atoms with Crippen LogP contribution in [0.4, 0.5) is 17.1 Å². The molecule has 69 heavy (non-hydrogen) atoms. The Hall–Kier alpha value is -8.34. The van der Waals surface area contributed by atoms with Gasteiger partial charge in [-0.05, 0) is 139 Å². The minimum Gasteiger partial charge on any atom is -0.310 e. The van der Waals surface area contributed by atoms with Crippen molar-refractivity contribution in [3.63, 3.8) is 0 Å². The number of aryl methyl sites for hydroxylation is 1. The number of hydrogen-bond donors (Lipinski definition) is 2. The Bertz CT molecular complexity index is 3530. The number of benzene rings is 11. The Labute approximate surface area is 405 Å². The summed E-state index contributed by atoms with van der Waals surface area (Å²) in [5.41, 5.74) is 22.1. The number of hydrogen-bond acceptors (Lipinski definition) is 3. The summed E-state index contributed by atoms with van der Waals surface area (Å²) in [5, 5.41) is 5.19. The van der Waals surface area contributed by atoms with E-state index < -0.39 is 5.41 Å². The molecule has 0 saturated heterocycles. The highest BCUT2D eigenvalue weighted by Gasteiger charge is 2.53. The summed E-state index contributed by atoms with van der Waals surface area (Å²) in [6.45, 7) is 2.08. The predicted octanol–water partition coefficient (Wildman–Crippen LogP) is 16.1. The lowest BCUT2D eigenvalue weighted by Crippen LogP contribution is -2.36. The molecule has 0 saturated carbocycles. The van der Waals surface area contributed by atoms with E-state index in [0.29, 0.717) is 0 Å². The van der Waals surface area contributed by atoms with Crippen molar-refractivity contribution < 1.29 is 0 Å². The molecule has 1 aliphatic heterocycles. The molecule has 1 aliphatic carbocycles. The average molecular weight is 888 g/mol. The number of fused-ring (bicyclic) bond motifs is 14. The van der Waals surface area contributed by atoms with Gasteiger partial charge >= 0.3 is 0 Å². The first-order valence-electron chi connectivity index (χ1n) is 23.8. The van der Waals surface area contributed by atoms with Gasteiger partial charge in [-0.2, -0.15) is 0 Å². The molecule has 1 spiro atoms. The molecular formula is C66H53N3. The van der Waals surface area contributed by atoms with Crippen LogP contribution < -0.4 is 16.2 Å². The van der Waals surface area contributed by atoms with Crippen LogP contribution in [0.2, 0.25) is 0 Å². The van der Waals surface area contributed by atoms with Crippen LogP contribution in [-0.2, 0) is 11.8 Å². The second kappa shape index (κ2) is 18.7. The van der Waals surface area contributed by atoms with Gasteiger partial charge in [0.05, 0.1) is 16.8 Å². The van der Waals surface area contributed by atoms with Crippen molar-refractivity contribution in [2.45, 2.75) is 18.8 Å². The zero-order valence-corrected chi connectivity index (χ0v) is 39.0. The molecule has 2 aliphatic rings. The molecule has 13 rings (SSSR count). The minimum atomic E-state index is -0.582. The third-order valence-corrected chi connectivity index (χ3v) is 13.8. The Morgan fingerprint density at radius 2 is 0.884 bits per heavy atom. The molecule has 0 amide bonds. The van der Waals surface area contributed by atoms with Crippen LogP contribution in [0.25, 0.3) is 54.9 Å². The van der Waals surface area contributed by atoms with E-state index in [9.17, 15) is 0 Å². The first-order valence-corrected chi connectivity index (χ1v) is 23.8. The van der Waals surface area contributed by atoms with E-state index in [2.05, 4.69) is 260 Å². The van der Waals surface area contributed by atoms with E-state index in [1.54, 1.807) is 7.05 Å². The van der Waals surface area contributed by atoms with Crippen LogP contribution in [0.1, 0.15) is 38.9 Å². The lowest BCUT2D eigenvalue weighted by molar-refractivity contribution is 0.759. The predicted molar refractivity (Wildman–Crippen MR) is 292 cm³/mol. The second-order valence-corrected chi connectivity index (χ2v) is 17.9. The largest absolute Gasteiger partial charge is 0.310 e. The summed E-state index contributed by atoms with van der Waals surface area (Å²) in [5.74, 6) is 4.60. The minimum absolute atomic E-state index is 0.582. The standard InChI is InChI=1S/C58H39N.C7H8.CH6N2/c1-3-17-41(18-4-1)42-32-30-39(31-33-42)36-40-16-15-19-43(37-40)44-34-35-50-53(38-44)58(57-49-25-10-8-23-47(49)46-22-7-9-24-48(46)56(50)57)51-26-11-13-28-54(51)59(45-20-5-2-6-21-45)55-29-14-12-27-52(55)58;1-7-5-3-2-4-6-7;1-3-2/h1-35,37-38H,36H2;2-6H,1H3;3H,2H2,1H3. The molecule has 0 bridgehead atoms. The number of anilines is 3. The Morgan fingerprint density at radius 1 is 0.406 bits per heavy atom. The molecule has 332 valence electrons. The molecule has 0 atom stereocenters. The van der Waals surface area contributed by atoms with Crippen LogP contribution in [0, 0.1) is 6.92 Å². The maximum atomic E-state index is 4.60. The number of rotatable bonds is 5. The van der Waals surface area contributed by atoms with E-state index in [4.69, 9.17) is 0 Å². The lowest BCUT2D eigenvalue weighted by atomic mass is 9.63. The lowest BCUT2D eigenvalue weighted by Gasteiger charge is -2.45. The van der Waals surface area contributed by atoms with Crippen LogP contribution in [0.5, 0.6) is 0 Å². The number of para-hydroxylation sites is 3. The Balaban J connectivity index is 0.000000470. The molecule has 11 aromatic rings. The smallest absolute Gasteiger partial charge is 0.0760 e. The third kappa shape index (κ3) is 7.68. The van der Waals surface area contributed by atoms with Gasteiger partial charge in [-0.15, -0.1) is 0 Å². The van der Waals surface area contributed by atoms with E-state index in [0.717, 1.165) is 12.1 Å². The van der Waals surface area contributed by atoms with Crippen molar-refractivity contribution in [1.29, 1.82) is 0 Å². The van der Waals surface area contributed by atoms with Crippen molar-refractivity contribution in [2.24, 2.45) is 5.84 Å². The first-order chi connectivity index (χ1) is 34.1. The summed E-state index contributed by atoms with van der Waals surface area (Å²) in [7, 11) is 1.65. The van der Waals surface area contributed by atoms with Gasteiger partial charge in [0, 0.05) is 5.69 Å². The van der Waals surface area contributed by atoms with Gasteiger partial charge < -0.3 is 4.90 Å². The maximum absolute atomic E-state index is 4.60. The quantitative estimate of drug-likeness (QED) is 0.103. The molecule has 11 aromatic carbocycles. The van der Waals surface area contributed by atoms with Gasteiger partial charge in [-0.25, -0.2) is 0 Å². The molecule has 3 nitrogen and oxygen atoms in total. The highest BCUT2D eigenvalue weighted by Crippen LogP contribution is 2.66. The van der Waals surface area contributed by atoms with Gasteiger partial charge in [-0.3, -0.25) is 11.3 Å². The fraction of sp³-hybridized carbons (Fsp3) is 0.0606. The molecule has 0 aromatic heterocycles. The number of hydrazine groups is 1. The van der Waals surface area contributed by atoms with Gasteiger partial charge in [0.25, 0.3) is 0 Å². The van der Waals surface area contributed by atoms with Gasteiger partial charge in [-0.1, -0.05) is 230 Å². The van der Waals surface area contributed by atoms with Crippen LogP contribution >= 0.6 is 0 Å². The maximum Gasteiger partial charge on any atom is 0.0760 e. The molecule has 0 fully saturated rings. The summed E-state index contributed by atoms with van der Waals surface area (Å²) in [6.07, 6.45) is 0.872. The van der Waals surface area contributed by atoms with Crippen LogP contribution in [0.15, 0.2) is 255 Å². The average Bonchev–Trinajstić information content (AvgIpc) is 3.71. The molecule has 0 unspecified atom stereocenters. The van der Waals surface area contributed by atoms with E-state index in [1.165, 1.54) is 105 Å². The normalized spacial score (nSPS) is 12.5. The zero-order chi connectivity index (χ0) is 46.7. The summed E-state index contributed by atoms with van der Waals surface area (Å²) >= 11 is 0. The summed E-state index contributed by atoms with van der Waals surface area (Å²) in [6, 6.07) is 93.7. The van der Waals surface area contributed by atoms with Crippen molar-refractivity contribution in [2.75, 3.05) is 11.9 Å². The summed E-state index contributed by atoms with van der Waals surface area (Å²) < 4.78 is 0.